The van der Waals surface area contributed by atoms with Crippen LogP contribution in [0.3, 0.4) is 0 Å². The zero-order chi connectivity index (χ0) is 14.4. The number of nitrogens with one attached hydrogen (secondary N) is 1. The van der Waals surface area contributed by atoms with Crippen LogP contribution in [0.1, 0.15) is 5.56 Å². The Morgan fingerprint density at radius 1 is 1.26 bits per heavy atom. The Hall–Kier alpha value is -2.45. The molecule has 0 atom stereocenters. The number of hydrogen-bond acceptors (Lipinski definition) is 4. The molecule has 1 aromatic heterocycles. The summed E-state index contributed by atoms with van der Waals surface area (Å²) >= 11 is 0. The number of nitroso groups, excluding NO2 is 1. The van der Waals surface area contributed by atoms with Gasteiger partial charge in [0.15, 0.2) is 5.75 Å². The average Bonchev–Trinajstić information content (AvgIpc) is 2.29. The highest BCUT2D eigenvalue weighted by Crippen LogP contribution is 2.36. The smallest absolute Gasteiger partial charge is 0.419 e. The van der Waals surface area contributed by atoms with Crippen molar-refractivity contribution in [3.05, 3.63) is 38.8 Å². The predicted octanol–water partition coefficient (Wildman–Crippen LogP) is 2.79. The Labute approximate surface area is 101 Å². The van der Waals surface area contributed by atoms with Crippen LogP contribution in [0.5, 0.6) is 5.75 Å². The first kappa shape index (κ1) is 13.0. The highest BCUT2D eigenvalue weighted by atomic mass is 19.4. The van der Waals surface area contributed by atoms with Gasteiger partial charge in [-0.05, 0) is 17.3 Å². The number of hydrogen-bond donors (Lipinski definition) is 2. The van der Waals surface area contributed by atoms with E-state index in [4.69, 9.17) is 0 Å². The molecule has 0 aliphatic heterocycles. The van der Waals surface area contributed by atoms with E-state index < -0.39 is 45.5 Å². The van der Waals surface area contributed by atoms with Crippen molar-refractivity contribution in [2.45, 2.75) is 6.18 Å². The molecular formula is C10H4F4N2O3. The third kappa shape index (κ3) is 2.02. The average molecular weight is 276 g/mol. The first-order valence-corrected chi connectivity index (χ1v) is 4.74. The van der Waals surface area contributed by atoms with Gasteiger partial charge < -0.3 is 10.1 Å². The summed E-state index contributed by atoms with van der Waals surface area (Å²) in [7, 11) is 0. The second-order valence-electron chi connectivity index (χ2n) is 3.62. The first-order valence-electron chi connectivity index (χ1n) is 4.74. The molecule has 0 radical (unpaired) electrons. The minimum Gasteiger partial charge on any atom is -0.505 e. The van der Waals surface area contributed by atoms with Gasteiger partial charge in [0.05, 0.1) is 11.1 Å². The number of rotatable bonds is 1. The van der Waals surface area contributed by atoms with E-state index in [1.807, 2.05) is 4.98 Å². The molecule has 2 N–H and O–H groups in total. The summed E-state index contributed by atoms with van der Waals surface area (Å²) in [5, 5.41) is 11.3. The van der Waals surface area contributed by atoms with Crippen LogP contribution in [-0.4, -0.2) is 10.1 Å². The van der Waals surface area contributed by atoms with Crippen molar-refractivity contribution in [3.63, 3.8) is 0 Å². The summed E-state index contributed by atoms with van der Waals surface area (Å²) in [6.45, 7) is 0. The zero-order valence-electron chi connectivity index (χ0n) is 8.88. The summed E-state index contributed by atoms with van der Waals surface area (Å²) in [5.74, 6) is -2.61. The third-order valence-electron chi connectivity index (χ3n) is 2.45. The van der Waals surface area contributed by atoms with Gasteiger partial charge in [0.25, 0.3) is 5.56 Å². The van der Waals surface area contributed by atoms with Crippen molar-refractivity contribution in [1.82, 2.24) is 4.98 Å². The fourth-order valence-corrected chi connectivity index (χ4v) is 1.59. The van der Waals surface area contributed by atoms with Gasteiger partial charge in [-0.25, -0.2) is 4.39 Å². The van der Waals surface area contributed by atoms with Crippen LogP contribution in [0.25, 0.3) is 10.9 Å². The van der Waals surface area contributed by atoms with Gasteiger partial charge in [0, 0.05) is 5.39 Å². The van der Waals surface area contributed by atoms with Crippen LogP contribution in [-0.2, 0) is 6.18 Å². The van der Waals surface area contributed by atoms with Crippen molar-refractivity contribution >= 4 is 16.6 Å². The molecule has 1 aromatic carbocycles. The number of pyridine rings is 1. The Balaban J connectivity index is 2.91. The van der Waals surface area contributed by atoms with Crippen LogP contribution >= 0.6 is 0 Å². The van der Waals surface area contributed by atoms with E-state index in [1.165, 1.54) is 0 Å². The van der Waals surface area contributed by atoms with Crippen LogP contribution in [0.15, 0.2) is 22.1 Å². The van der Waals surface area contributed by atoms with Crippen LogP contribution in [0.4, 0.5) is 23.2 Å². The van der Waals surface area contributed by atoms with Gasteiger partial charge in [-0.15, -0.1) is 4.91 Å². The maximum Gasteiger partial charge on any atom is 0.419 e. The van der Waals surface area contributed by atoms with Gasteiger partial charge in [0.2, 0.25) is 5.69 Å². The Morgan fingerprint density at radius 3 is 2.42 bits per heavy atom. The van der Waals surface area contributed by atoms with Crippen molar-refractivity contribution in [1.29, 1.82) is 0 Å². The van der Waals surface area contributed by atoms with E-state index in [-0.39, 0.29) is 0 Å². The minimum atomic E-state index is -4.95. The summed E-state index contributed by atoms with van der Waals surface area (Å²) in [4.78, 5) is 23.5. The molecule has 9 heteroatoms. The highest BCUT2D eigenvalue weighted by molar-refractivity contribution is 5.89. The number of fused-ring (bicyclic) bond motifs is 1. The summed E-state index contributed by atoms with van der Waals surface area (Å²) in [5.41, 5.74) is -4.14. The number of aromatic nitrogens is 1. The Bertz CT molecular complexity index is 736. The summed E-state index contributed by atoms with van der Waals surface area (Å²) < 4.78 is 50.7. The van der Waals surface area contributed by atoms with E-state index in [0.717, 1.165) is 0 Å². The molecule has 0 aliphatic carbocycles. The molecule has 19 heavy (non-hydrogen) atoms. The second kappa shape index (κ2) is 4.04. The normalized spacial score (nSPS) is 11.8. The molecule has 2 rings (SSSR count). The van der Waals surface area contributed by atoms with Gasteiger partial charge >= 0.3 is 6.18 Å². The molecular weight excluding hydrogens is 272 g/mol. The van der Waals surface area contributed by atoms with Crippen LogP contribution < -0.4 is 5.56 Å². The standard InChI is InChI=1S/C10H4F4N2O3/c11-5-1-3-6(2-4(5)10(12,13)14)15-9(18)7(16-19)8(3)17/h1-2H,(H2,15,17,18). The number of H-pyrrole nitrogens is 1. The van der Waals surface area contributed by atoms with Crippen molar-refractivity contribution in [2.24, 2.45) is 5.18 Å². The molecule has 0 amide bonds. The molecule has 0 fully saturated rings. The second-order valence-corrected chi connectivity index (χ2v) is 3.62. The maximum absolute atomic E-state index is 13.3. The lowest BCUT2D eigenvalue weighted by Crippen LogP contribution is -2.10. The van der Waals surface area contributed by atoms with Crippen molar-refractivity contribution < 1.29 is 22.7 Å². The zero-order valence-corrected chi connectivity index (χ0v) is 8.88. The number of aromatic hydroxyl groups is 1. The fourth-order valence-electron chi connectivity index (χ4n) is 1.59. The van der Waals surface area contributed by atoms with Crippen molar-refractivity contribution in [3.8, 4) is 5.75 Å². The minimum absolute atomic E-state index is 0.334. The molecule has 5 nitrogen and oxygen atoms in total. The predicted molar refractivity (Wildman–Crippen MR) is 56.6 cm³/mol. The van der Waals surface area contributed by atoms with Gasteiger partial charge in [-0.2, -0.15) is 13.2 Å². The number of nitrogens with zero attached hydrogens (tertiary/aromatic N) is 1. The largest absolute Gasteiger partial charge is 0.505 e. The van der Waals surface area contributed by atoms with Gasteiger partial charge in [-0.3, -0.25) is 4.79 Å². The maximum atomic E-state index is 13.3. The molecule has 0 aliphatic rings. The monoisotopic (exact) mass is 276 g/mol. The van der Waals surface area contributed by atoms with E-state index in [0.29, 0.717) is 12.1 Å². The highest BCUT2D eigenvalue weighted by Gasteiger charge is 2.34. The lowest BCUT2D eigenvalue weighted by Gasteiger charge is -2.10. The fraction of sp³-hybridized carbons (Fsp3) is 0.100. The summed E-state index contributed by atoms with van der Waals surface area (Å²) in [6.07, 6.45) is -4.95. The SMILES string of the molecule is O=Nc1c(O)c2cc(F)c(C(F)(F)F)cc2[nH]c1=O. The number of halogens is 4. The van der Waals surface area contributed by atoms with E-state index >= 15 is 0 Å². The van der Waals surface area contributed by atoms with E-state index in [1.54, 1.807) is 0 Å². The molecule has 1 heterocycles. The first-order chi connectivity index (χ1) is 8.75. The number of alkyl halides is 3. The van der Waals surface area contributed by atoms with Gasteiger partial charge in [0.1, 0.15) is 5.82 Å². The topological polar surface area (TPSA) is 82.5 Å². The molecule has 0 saturated heterocycles. The Kier molecular flexibility index (Phi) is 2.76. The molecule has 100 valence electrons. The lowest BCUT2D eigenvalue weighted by atomic mass is 10.1. The molecule has 2 aromatic rings. The van der Waals surface area contributed by atoms with Gasteiger partial charge in [-0.1, -0.05) is 0 Å². The Morgan fingerprint density at radius 2 is 1.89 bits per heavy atom. The molecule has 0 unspecified atom stereocenters. The van der Waals surface area contributed by atoms with E-state index in [2.05, 4.69) is 5.18 Å². The number of aromatic amines is 1. The lowest BCUT2D eigenvalue weighted by molar-refractivity contribution is -0.139. The quantitative estimate of drug-likeness (QED) is 0.620. The molecule has 0 spiro atoms. The molecule has 0 bridgehead atoms. The third-order valence-corrected chi connectivity index (χ3v) is 2.45. The van der Waals surface area contributed by atoms with Crippen LogP contribution in [0.2, 0.25) is 0 Å². The van der Waals surface area contributed by atoms with Crippen LogP contribution in [0, 0.1) is 10.7 Å². The molecule has 0 saturated carbocycles. The summed E-state index contributed by atoms with van der Waals surface area (Å²) in [6, 6.07) is 0.707. The van der Waals surface area contributed by atoms with Crippen molar-refractivity contribution in [2.75, 3.05) is 0 Å². The number of benzene rings is 1. The van der Waals surface area contributed by atoms with E-state index in [9.17, 15) is 32.4 Å².